The maximum atomic E-state index is 10.9. The number of morpholine rings is 1. The second-order valence-electron chi connectivity index (χ2n) is 4.63. The van der Waals surface area contributed by atoms with Gasteiger partial charge in [0.25, 0.3) is 0 Å². The zero-order chi connectivity index (χ0) is 14.5. The molecule has 0 amide bonds. The first kappa shape index (κ1) is 14.5. The summed E-state index contributed by atoms with van der Waals surface area (Å²) < 4.78 is 5.63. The number of ether oxygens (including phenoxy) is 1. The Morgan fingerprint density at radius 2 is 2.45 bits per heavy atom. The number of anilines is 2. The molecule has 0 aromatic carbocycles. The van der Waals surface area contributed by atoms with E-state index in [4.69, 9.17) is 10.5 Å². The van der Waals surface area contributed by atoms with Crippen LogP contribution in [0, 0.1) is 10.1 Å². The molecule has 8 nitrogen and oxygen atoms in total. The fourth-order valence-electron chi connectivity index (χ4n) is 2.15. The second kappa shape index (κ2) is 6.49. The molecule has 0 radical (unpaired) electrons. The SMILES string of the molecule is CCN1CCOC(CNc2nc(N)ccc2[N+](=O)[O-])C1. The zero-order valence-corrected chi connectivity index (χ0v) is 11.4. The van der Waals surface area contributed by atoms with Crippen molar-refractivity contribution in [2.24, 2.45) is 0 Å². The van der Waals surface area contributed by atoms with Crippen LogP contribution in [0.4, 0.5) is 17.3 Å². The highest BCUT2D eigenvalue weighted by molar-refractivity contribution is 5.59. The standard InChI is InChI=1S/C12H19N5O3/c1-2-16-5-6-20-9(8-16)7-14-12-10(17(18)19)3-4-11(13)15-12/h3-4,9H,2,5-8H2,1H3,(H3,13,14,15). The molecule has 1 aliphatic heterocycles. The predicted molar refractivity (Wildman–Crippen MR) is 75.6 cm³/mol. The Kier molecular flexibility index (Phi) is 4.70. The minimum atomic E-state index is -0.477. The molecule has 1 saturated heterocycles. The number of hydrogen-bond acceptors (Lipinski definition) is 7. The van der Waals surface area contributed by atoms with Gasteiger partial charge in [-0.3, -0.25) is 15.0 Å². The minimum absolute atomic E-state index is 0.00784. The van der Waals surface area contributed by atoms with Crippen molar-refractivity contribution in [1.82, 2.24) is 9.88 Å². The number of nitrogens with zero attached hydrogens (tertiary/aromatic N) is 3. The third-order valence-corrected chi connectivity index (χ3v) is 3.26. The maximum absolute atomic E-state index is 10.9. The Labute approximate surface area is 117 Å². The first-order valence-electron chi connectivity index (χ1n) is 6.59. The van der Waals surface area contributed by atoms with Gasteiger partial charge >= 0.3 is 5.69 Å². The zero-order valence-electron chi connectivity index (χ0n) is 11.4. The van der Waals surface area contributed by atoms with E-state index in [0.29, 0.717) is 13.2 Å². The van der Waals surface area contributed by atoms with Crippen molar-refractivity contribution in [2.45, 2.75) is 13.0 Å². The quantitative estimate of drug-likeness (QED) is 0.604. The van der Waals surface area contributed by atoms with Crippen molar-refractivity contribution in [3.63, 3.8) is 0 Å². The summed E-state index contributed by atoms with van der Waals surface area (Å²) in [5, 5.41) is 13.9. The van der Waals surface area contributed by atoms with Gasteiger partial charge < -0.3 is 15.8 Å². The molecular formula is C12H19N5O3. The van der Waals surface area contributed by atoms with Gasteiger partial charge in [0.05, 0.1) is 17.6 Å². The number of rotatable bonds is 5. The highest BCUT2D eigenvalue weighted by Crippen LogP contribution is 2.23. The lowest BCUT2D eigenvalue weighted by molar-refractivity contribution is -0.384. The normalized spacial score (nSPS) is 19.8. The molecule has 3 N–H and O–H groups in total. The summed E-state index contributed by atoms with van der Waals surface area (Å²) in [5.41, 5.74) is 5.49. The summed E-state index contributed by atoms with van der Waals surface area (Å²) >= 11 is 0. The Morgan fingerprint density at radius 3 is 3.15 bits per heavy atom. The van der Waals surface area contributed by atoms with Crippen molar-refractivity contribution < 1.29 is 9.66 Å². The van der Waals surface area contributed by atoms with Crippen LogP contribution < -0.4 is 11.1 Å². The monoisotopic (exact) mass is 281 g/mol. The smallest absolute Gasteiger partial charge is 0.311 e. The van der Waals surface area contributed by atoms with E-state index in [1.165, 1.54) is 12.1 Å². The Morgan fingerprint density at radius 1 is 1.65 bits per heavy atom. The molecule has 2 heterocycles. The first-order chi connectivity index (χ1) is 9.60. The van der Waals surface area contributed by atoms with E-state index in [0.717, 1.165) is 19.6 Å². The molecule has 110 valence electrons. The number of nitro groups is 1. The Hall–Kier alpha value is -1.93. The van der Waals surface area contributed by atoms with Crippen molar-refractivity contribution in [3.8, 4) is 0 Å². The van der Waals surface area contributed by atoms with Gasteiger partial charge in [-0.2, -0.15) is 0 Å². The van der Waals surface area contributed by atoms with Crippen molar-refractivity contribution in [3.05, 3.63) is 22.2 Å². The molecule has 20 heavy (non-hydrogen) atoms. The molecule has 1 aromatic rings. The van der Waals surface area contributed by atoms with Crippen LogP contribution >= 0.6 is 0 Å². The van der Waals surface area contributed by atoms with Crippen molar-refractivity contribution >= 4 is 17.3 Å². The Bertz CT molecular complexity index is 482. The molecular weight excluding hydrogens is 262 g/mol. The fraction of sp³-hybridized carbons (Fsp3) is 0.583. The number of aromatic nitrogens is 1. The average Bonchev–Trinajstić information content (AvgIpc) is 2.45. The van der Waals surface area contributed by atoms with Gasteiger partial charge in [0.1, 0.15) is 5.82 Å². The van der Waals surface area contributed by atoms with Gasteiger partial charge in [0.15, 0.2) is 0 Å². The predicted octanol–water partition coefficient (Wildman–Crippen LogP) is 0.705. The fourth-order valence-corrected chi connectivity index (χ4v) is 2.15. The van der Waals surface area contributed by atoms with Crippen LogP contribution in [0.1, 0.15) is 6.92 Å². The summed E-state index contributed by atoms with van der Waals surface area (Å²) in [6.45, 7) is 5.93. The van der Waals surface area contributed by atoms with E-state index in [1.54, 1.807) is 0 Å². The third-order valence-electron chi connectivity index (χ3n) is 3.26. The van der Waals surface area contributed by atoms with E-state index < -0.39 is 4.92 Å². The van der Waals surface area contributed by atoms with Crippen LogP contribution in [0.3, 0.4) is 0 Å². The van der Waals surface area contributed by atoms with Crippen LogP contribution in [0.2, 0.25) is 0 Å². The molecule has 8 heteroatoms. The van der Waals surface area contributed by atoms with Crippen LogP contribution in [-0.2, 0) is 4.74 Å². The van der Waals surface area contributed by atoms with Gasteiger partial charge in [0.2, 0.25) is 5.82 Å². The van der Waals surface area contributed by atoms with Crippen LogP contribution in [0.15, 0.2) is 12.1 Å². The third kappa shape index (κ3) is 3.55. The van der Waals surface area contributed by atoms with Crippen molar-refractivity contribution in [1.29, 1.82) is 0 Å². The highest BCUT2D eigenvalue weighted by atomic mass is 16.6. The van der Waals surface area contributed by atoms with Crippen LogP contribution in [0.5, 0.6) is 0 Å². The molecule has 1 fully saturated rings. The lowest BCUT2D eigenvalue weighted by Gasteiger charge is -2.32. The largest absolute Gasteiger partial charge is 0.384 e. The molecule has 0 spiro atoms. The molecule has 0 aliphatic carbocycles. The van der Waals surface area contributed by atoms with Gasteiger partial charge in [-0.15, -0.1) is 0 Å². The average molecular weight is 281 g/mol. The molecule has 0 saturated carbocycles. The van der Waals surface area contributed by atoms with E-state index in [-0.39, 0.29) is 23.4 Å². The van der Waals surface area contributed by atoms with Gasteiger partial charge in [-0.25, -0.2) is 4.98 Å². The molecule has 2 rings (SSSR count). The molecule has 1 unspecified atom stereocenters. The molecule has 1 aliphatic rings. The summed E-state index contributed by atoms with van der Waals surface area (Å²) in [5.74, 6) is 0.435. The second-order valence-corrected chi connectivity index (χ2v) is 4.63. The van der Waals surface area contributed by atoms with E-state index >= 15 is 0 Å². The van der Waals surface area contributed by atoms with Crippen molar-refractivity contribution in [2.75, 3.05) is 43.8 Å². The summed E-state index contributed by atoms with van der Waals surface area (Å²) in [4.78, 5) is 16.7. The minimum Gasteiger partial charge on any atom is -0.384 e. The van der Waals surface area contributed by atoms with Gasteiger partial charge in [0, 0.05) is 25.7 Å². The lowest BCUT2D eigenvalue weighted by atomic mass is 10.2. The molecule has 1 aromatic heterocycles. The Balaban J connectivity index is 1.99. The topological polar surface area (TPSA) is 107 Å². The molecule has 1 atom stereocenters. The number of nitrogens with one attached hydrogen (secondary N) is 1. The number of likely N-dealkylation sites (N-methyl/N-ethyl adjacent to an activating group) is 1. The highest BCUT2D eigenvalue weighted by Gasteiger charge is 2.21. The van der Waals surface area contributed by atoms with Gasteiger partial charge in [-0.05, 0) is 12.6 Å². The van der Waals surface area contributed by atoms with E-state index in [9.17, 15) is 10.1 Å². The summed E-state index contributed by atoms with van der Waals surface area (Å²) in [7, 11) is 0. The number of nitrogens with two attached hydrogens (primary N) is 1. The number of hydrogen-bond donors (Lipinski definition) is 2. The maximum Gasteiger partial charge on any atom is 0.311 e. The number of pyridine rings is 1. The summed E-state index contributed by atoms with van der Waals surface area (Å²) in [6.07, 6.45) is -0.00784. The number of nitrogen functional groups attached to an aromatic ring is 1. The van der Waals surface area contributed by atoms with Crippen LogP contribution in [-0.4, -0.2) is 53.7 Å². The molecule has 0 bridgehead atoms. The first-order valence-corrected chi connectivity index (χ1v) is 6.59. The van der Waals surface area contributed by atoms with Gasteiger partial charge in [-0.1, -0.05) is 6.92 Å². The summed E-state index contributed by atoms with van der Waals surface area (Å²) in [6, 6.07) is 2.77. The van der Waals surface area contributed by atoms with Crippen LogP contribution in [0.25, 0.3) is 0 Å². The lowest BCUT2D eigenvalue weighted by Crippen LogP contribution is -2.45. The van der Waals surface area contributed by atoms with E-state index in [2.05, 4.69) is 22.1 Å². The van der Waals surface area contributed by atoms with E-state index in [1.807, 2.05) is 0 Å².